The first-order valence-corrected chi connectivity index (χ1v) is 4.00. The Morgan fingerprint density at radius 3 is 2.38 bits per heavy atom. The van der Waals surface area contributed by atoms with Crippen LogP contribution in [-0.4, -0.2) is 34.7 Å². The first-order valence-electron chi connectivity index (χ1n) is 4.00. The summed E-state index contributed by atoms with van der Waals surface area (Å²) in [6.45, 7) is 3.03. The molecule has 5 nitrogen and oxygen atoms in total. The minimum Gasteiger partial charge on any atom is -0.479 e. The number of rotatable bonds is 6. The van der Waals surface area contributed by atoms with Gasteiger partial charge in [0.2, 0.25) is 0 Å². The number of carbonyl (C=O) groups excluding carboxylic acids is 1. The van der Waals surface area contributed by atoms with Crippen molar-refractivity contribution in [2.45, 2.75) is 25.8 Å². The van der Waals surface area contributed by atoms with Crippen molar-refractivity contribution >= 4 is 12.4 Å². The van der Waals surface area contributed by atoms with Crippen molar-refractivity contribution in [1.29, 1.82) is 0 Å². The molecule has 5 heteroatoms. The normalized spacial score (nSPS) is 15.1. The van der Waals surface area contributed by atoms with Crippen LogP contribution in [0.2, 0.25) is 0 Å². The minimum absolute atomic E-state index is 0.0186. The highest BCUT2D eigenvalue weighted by Gasteiger charge is 2.41. The van der Waals surface area contributed by atoms with Gasteiger partial charge in [-0.25, -0.2) is 4.79 Å². The van der Waals surface area contributed by atoms with Crippen molar-refractivity contribution in [2.24, 2.45) is 5.92 Å². The Kier molecular flexibility index (Phi) is 4.40. The Bertz CT molecular complexity index is 193. The van der Waals surface area contributed by atoms with E-state index in [0.717, 1.165) is 0 Å². The third-order valence-electron chi connectivity index (χ3n) is 2.15. The first-order chi connectivity index (χ1) is 6.01. The van der Waals surface area contributed by atoms with Gasteiger partial charge in [0, 0.05) is 13.0 Å². The van der Waals surface area contributed by atoms with Gasteiger partial charge in [0.1, 0.15) is 5.54 Å². The standard InChI is InChI=1S/C8H14NO4/c1-6(2)8(3-4-10,7(12)13)9-5-11/h6,10H,3-4H2,1-2H3,(H,9,11)(H,12,13). The molecule has 0 aliphatic heterocycles. The van der Waals surface area contributed by atoms with E-state index in [2.05, 4.69) is 5.32 Å². The maximum Gasteiger partial charge on any atom is 0.329 e. The lowest BCUT2D eigenvalue weighted by atomic mass is 9.84. The quantitative estimate of drug-likeness (QED) is 0.491. The fourth-order valence-electron chi connectivity index (χ4n) is 1.17. The van der Waals surface area contributed by atoms with E-state index in [0.29, 0.717) is 0 Å². The summed E-state index contributed by atoms with van der Waals surface area (Å²) >= 11 is 0. The van der Waals surface area contributed by atoms with Crippen LogP contribution in [0.25, 0.3) is 0 Å². The van der Waals surface area contributed by atoms with Crippen LogP contribution in [0, 0.1) is 5.92 Å². The topological polar surface area (TPSA) is 86.6 Å². The van der Waals surface area contributed by atoms with Crippen molar-refractivity contribution in [1.82, 2.24) is 5.32 Å². The molecule has 1 amide bonds. The van der Waals surface area contributed by atoms with Crippen molar-refractivity contribution in [3.8, 4) is 0 Å². The molecule has 75 valence electrons. The van der Waals surface area contributed by atoms with E-state index in [1.165, 1.54) is 6.41 Å². The second-order valence-electron chi connectivity index (χ2n) is 3.13. The highest BCUT2D eigenvalue weighted by atomic mass is 16.4. The highest BCUT2D eigenvalue weighted by molar-refractivity contribution is 5.81. The van der Waals surface area contributed by atoms with E-state index in [-0.39, 0.29) is 18.9 Å². The molecule has 0 heterocycles. The Morgan fingerprint density at radius 2 is 2.15 bits per heavy atom. The van der Waals surface area contributed by atoms with Crippen LogP contribution in [-0.2, 0) is 9.59 Å². The summed E-state index contributed by atoms with van der Waals surface area (Å²) in [4.78, 5) is 21.0. The average Bonchev–Trinajstić information content (AvgIpc) is 2.03. The van der Waals surface area contributed by atoms with Gasteiger partial charge >= 0.3 is 12.4 Å². The maximum absolute atomic E-state index is 10.9. The molecular formula is C8H14NO4. The zero-order valence-corrected chi connectivity index (χ0v) is 7.70. The average molecular weight is 188 g/mol. The number of hydrogen-bond donors (Lipinski definition) is 3. The molecule has 0 saturated heterocycles. The Morgan fingerprint density at radius 1 is 1.62 bits per heavy atom. The Hall–Kier alpha value is -1.10. The smallest absolute Gasteiger partial charge is 0.329 e. The van der Waals surface area contributed by atoms with Crippen LogP contribution < -0.4 is 5.32 Å². The number of carbonyl (C=O) groups is 1. The molecule has 0 aromatic carbocycles. The number of hydrogen-bond acceptors (Lipinski definition) is 3. The molecule has 1 radical (unpaired) electrons. The van der Waals surface area contributed by atoms with Crippen molar-refractivity contribution in [3.63, 3.8) is 0 Å². The van der Waals surface area contributed by atoms with Crippen molar-refractivity contribution in [3.05, 3.63) is 0 Å². The highest BCUT2D eigenvalue weighted by Crippen LogP contribution is 2.20. The number of amides is 1. The molecule has 0 aromatic heterocycles. The van der Waals surface area contributed by atoms with Gasteiger partial charge in [-0.1, -0.05) is 13.8 Å². The SMILES string of the molecule is CC(C)C(CCO)(N[C]=O)C(=O)O. The molecule has 3 N–H and O–H groups in total. The summed E-state index contributed by atoms with van der Waals surface area (Å²) in [5, 5.41) is 19.7. The predicted molar refractivity (Wildman–Crippen MR) is 45.7 cm³/mol. The van der Waals surface area contributed by atoms with Crippen LogP contribution >= 0.6 is 0 Å². The second-order valence-corrected chi connectivity index (χ2v) is 3.13. The third kappa shape index (κ3) is 2.42. The lowest BCUT2D eigenvalue weighted by molar-refractivity contribution is -0.147. The van der Waals surface area contributed by atoms with E-state index >= 15 is 0 Å². The van der Waals surface area contributed by atoms with Gasteiger partial charge in [-0.2, -0.15) is 0 Å². The second kappa shape index (κ2) is 4.81. The summed E-state index contributed by atoms with van der Waals surface area (Å²) in [6.07, 6.45) is 1.35. The van der Waals surface area contributed by atoms with Gasteiger partial charge in [0.05, 0.1) is 0 Å². The summed E-state index contributed by atoms with van der Waals surface area (Å²) in [5.74, 6) is -1.46. The molecule has 0 fully saturated rings. The minimum atomic E-state index is -1.41. The molecule has 0 aliphatic rings. The molecule has 0 bridgehead atoms. The summed E-state index contributed by atoms with van der Waals surface area (Å²) in [6, 6.07) is 0. The lowest BCUT2D eigenvalue weighted by Gasteiger charge is -2.31. The van der Waals surface area contributed by atoms with Crippen molar-refractivity contribution < 1.29 is 19.8 Å². The number of aliphatic hydroxyl groups is 1. The van der Waals surface area contributed by atoms with Crippen LogP contribution in [0.1, 0.15) is 20.3 Å². The molecule has 0 spiro atoms. The van der Waals surface area contributed by atoms with Gasteiger partial charge in [0.15, 0.2) is 0 Å². The van der Waals surface area contributed by atoms with Gasteiger partial charge in [-0.05, 0) is 5.92 Å². The van der Waals surface area contributed by atoms with Gasteiger partial charge < -0.3 is 15.5 Å². The van der Waals surface area contributed by atoms with E-state index in [9.17, 15) is 9.59 Å². The van der Waals surface area contributed by atoms with Crippen molar-refractivity contribution in [2.75, 3.05) is 6.61 Å². The zero-order chi connectivity index (χ0) is 10.5. The van der Waals surface area contributed by atoms with E-state index < -0.39 is 11.5 Å². The fraction of sp³-hybridized carbons (Fsp3) is 0.750. The summed E-state index contributed by atoms with van der Waals surface area (Å²) in [5.41, 5.74) is -1.41. The third-order valence-corrected chi connectivity index (χ3v) is 2.15. The molecular weight excluding hydrogens is 174 g/mol. The van der Waals surface area contributed by atoms with Crippen LogP contribution in [0.5, 0.6) is 0 Å². The monoisotopic (exact) mass is 188 g/mol. The van der Waals surface area contributed by atoms with Gasteiger partial charge in [-0.15, -0.1) is 0 Å². The fourth-order valence-corrected chi connectivity index (χ4v) is 1.17. The van der Waals surface area contributed by atoms with E-state index in [1.54, 1.807) is 13.8 Å². The van der Waals surface area contributed by atoms with Crippen LogP contribution in [0.15, 0.2) is 0 Å². The molecule has 1 unspecified atom stereocenters. The van der Waals surface area contributed by atoms with Crippen LogP contribution in [0.4, 0.5) is 0 Å². The summed E-state index contributed by atoms with van der Waals surface area (Å²) < 4.78 is 0. The van der Waals surface area contributed by atoms with Gasteiger partial charge in [0.25, 0.3) is 0 Å². The largest absolute Gasteiger partial charge is 0.479 e. The number of nitrogens with one attached hydrogen (secondary N) is 1. The molecule has 1 atom stereocenters. The maximum atomic E-state index is 10.9. The number of carboxylic acids is 1. The molecule has 0 aliphatic carbocycles. The number of carboxylic acid groups (broad SMARTS) is 1. The molecule has 0 aromatic rings. The van der Waals surface area contributed by atoms with E-state index in [4.69, 9.17) is 10.2 Å². The Labute approximate surface area is 76.8 Å². The van der Waals surface area contributed by atoms with Gasteiger partial charge in [-0.3, -0.25) is 4.79 Å². The van der Waals surface area contributed by atoms with E-state index in [1.807, 2.05) is 0 Å². The molecule has 0 rings (SSSR count). The zero-order valence-electron chi connectivity index (χ0n) is 7.70. The number of aliphatic carboxylic acids is 1. The first kappa shape index (κ1) is 11.9. The van der Waals surface area contributed by atoms with Crippen LogP contribution in [0.3, 0.4) is 0 Å². The predicted octanol–water partition coefficient (Wildman–Crippen LogP) is -0.495. The number of aliphatic hydroxyl groups excluding tert-OH is 1. The molecule has 13 heavy (non-hydrogen) atoms. The Balaban J connectivity index is 4.79. The lowest BCUT2D eigenvalue weighted by Crippen LogP contribution is -2.56. The molecule has 0 saturated carbocycles. The summed E-state index contributed by atoms with van der Waals surface area (Å²) in [7, 11) is 0.